The fourth-order valence-corrected chi connectivity index (χ4v) is 1.78. The smallest absolute Gasteiger partial charge is 0.259 e. The zero-order valence-corrected chi connectivity index (χ0v) is 9.18. The Bertz CT molecular complexity index is 465. The molecule has 1 heterocycles. The van der Waals surface area contributed by atoms with Gasteiger partial charge in [0.25, 0.3) is 5.91 Å². The first-order chi connectivity index (χ1) is 7.61. The van der Waals surface area contributed by atoms with Crippen LogP contribution in [0.5, 0.6) is 0 Å². The molecule has 4 nitrogen and oxygen atoms in total. The number of rotatable bonds is 2. The van der Waals surface area contributed by atoms with Crippen molar-refractivity contribution in [3.8, 4) is 0 Å². The Morgan fingerprint density at radius 2 is 1.94 bits per heavy atom. The van der Waals surface area contributed by atoms with Crippen LogP contribution >= 0.6 is 0 Å². The van der Waals surface area contributed by atoms with E-state index in [0.717, 1.165) is 0 Å². The van der Waals surface area contributed by atoms with Crippen molar-refractivity contribution in [2.24, 2.45) is 11.0 Å². The highest BCUT2D eigenvalue weighted by molar-refractivity contribution is 6.26. The summed E-state index contributed by atoms with van der Waals surface area (Å²) in [6.07, 6.45) is 0. The highest BCUT2D eigenvalue weighted by atomic mass is 16.2. The molecule has 0 radical (unpaired) electrons. The third-order valence-electron chi connectivity index (χ3n) is 2.61. The van der Waals surface area contributed by atoms with Crippen molar-refractivity contribution >= 4 is 17.4 Å². The van der Waals surface area contributed by atoms with E-state index in [4.69, 9.17) is 0 Å². The Balaban J connectivity index is 2.31. The molecule has 0 fully saturated rings. The molecular formula is C12H12N2O2. The van der Waals surface area contributed by atoms with Gasteiger partial charge in [-0.25, -0.2) is 5.01 Å². The second-order valence-corrected chi connectivity index (χ2v) is 3.77. The topological polar surface area (TPSA) is 49.7 Å². The number of nitrogens with zero attached hydrogens (tertiary/aromatic N) is 2. The summed E-state index contributed by atoms with van der Waals surface area (Å²) in [6, 6.07) is 8.81. The summed E-state index contributed by atoms with van der Waals surface area (Å²) in [5.41, 5.74) is 1.10. The molecule has 1 aromatic carbocycles. The van der Waals surface area contributed by atoms with Crippen LogP contribution in [-0.2, 0) is 4.79 Å². The van der Waals surface area contributed by atoms with Gasteiger partial charge in [0, 0.05) is 12.6 Å². The van der Waals surface area contributed by atoms with Crippen LogP contribution in [0.25, 0.3) is 0 Å². The monoisotopic (exact) mass is 216 g/mol. The first kappa shape index (κ1) is 10.5. The van der Waals surface area contributed by atoms with Crippen LogP contribution in [0.3, 0.4) is 0 Å². The third kappa shape index (κ3) is 1.62. The van der Waals surface area contributed by atoms with Crippen LogP contribution in [-0.4, -0.2) is 29.5 Å². The Kier molecular flexibility index (Phi) is 2.56. The lowest BCUT2D eigenvalue weighted by atomic mass is 9.94. The molecule has 0 aliphatic carbocycles. The third-order valence-corrected chi connectivity index (χ3v) is 2.61. The number of hydrazone groups is 1. The maximum absolute atomic E-state index is 12.1. The number of hydrogen-bond donors (Lipinski definition) is 0. The lowest BCUT2D eigenvalue weighted by Gasteiger charge is -2.08. The van der Waals surface area contributed by atoms with Crippen molar-refractivity contribution in [3.63, 3.8) is 0 Å². The lowest BCUT2D eigenvalue weighted by Crippen LogP contribution is -2.30. The molecular weight excluding hydrogens is 204 g/mol. The van der Waals surface area contributed by atoms with Crippen LogP contribution in [0.15, 0.2) is 35.4 Å². The van der Waals surface area contributed by atoms with Crippen molar-refractivity contribution in [2.75, 3.05) is 7.05 Å². The summed E-state index contributed by atoms with van der Waals surface area (Å²) >= 11 is 0. The highest BCUT2D eigenvalue weighted by Gasteiger charge is 2.37. The molecule has 16 heavy (non-hydrogen) atoms. The minimum Gasteiger partial charge on any atom is -0.293 e. The molecule has 82 valence electrons. The predicted octanol–water partition coefficient (Wildman–Crippen LogP) is 1.33. The average Bonchev–Trinajstić information content (AvgIpc) is 2.54. The molecule has 4 heteroatoms. The number of amides is 1. The number of ketones is 1. The number of hydrogen-bond acceptors (Lipinski definition) is 3. The van der Waals surface area contributed by atoms with Crippen molar-refractivity contribution in [1.82, 2.24) is 5.01 Å². The predicted molar refractivity (Wildman–Crippen MR) is 60.1 cm³/mol. The summed E-state index contributed by atoms with van der Waals surface area (Å²) in [4.78, 5) is 23.8. The van der Waals surface area contributed by atoms with Gasteiger partial charge in [-0.15, -0.1) is 0 Å². The Hall–Kier alpha value is -1.97. The van der Waals surface area contributed by atoms with Gasteiger partial charge in [-0.1, -0.05) is 30.3 Å². The van der Waals surface area contributed by atoms with Gasteiger partial charge >= 0.3 is 0 Å². The van der Waals surface area contributed by atoms with Crippen LogP contribution < -0.4 is 0 Å². The summed E-state index contributed by atoms with van der Waals surface area (Å²) in [5, 5.41) is 5.20. The molecule has 2 rings (SSSR count). The second kappa shape index (κ2) is 3.89. The molecule has 0 spiro atoms. The zero-order chi connectivity index (χ0) is 11.7. The number of carbonyl (C=O) groups excluding carboxylic acids is 2. The molecule has 1 aliphatic heterocycles. The molecule has 0 saturated carbocycles. The van der Waals surface area contributed by atoms with Gasteiger partial charge in [-0.3, -0.25) is 9.59 Å². The van der Waals surface area contributed by atoms with Gasteiger partial charge in [0.15, 0.2) is 5.78 Å². The SMILES string of the molecule is CC1=NN(C)C(=O)C1C(=O)c1ccccc1. The molecule has 1 aliphatic rings. The second-order valence-electron chi connectivity index (χ2n) is 3.77. The summed E-state index contributed by atoms with van der Waals surface area (Å²) in [6.45, 7) is 1.70. The molecule has 1 unspecified atom stereocenters. The normalized spacial score (nSPS) is 19.9. The van der Waals surface area contributed by atoms with Crippen LogP contribution in [0.2, 0.25) is 0 Å². The maximum atomic E-state index is 12.1. The van der Waals surface area contributed by atoms with Crippen molar-refractivity contribution in [1.29, 1.82) is 0 Å². The first-order valence-electron chi connectivity index (χ1n) is 5.03. The molecule has 0 saturated heterocycles. The minimum absolute atomic E-state index is 0.184. The lowest BCUT2D eigenvalue weighted by molar-refractivity contribution is -0.129. The summed E-state index contributed by atoms with van der Waals surface area (Å²) < 4.78 is 0. The molecule has 0 bridgehead atoms. The highest BCUT2D eigenvalue weighted by Crippen LogP contribution is 2.18. The fourth-order valence-electron chi connectivity index (χ4n) is 1.78. The number of benzene rings is 1. The summed E-state index contributed by atoms with van der Waals surface area (Å²) in [7, 11) is 1.56. The van der Waals surface area contributed by atoms with E-state index in [0.29, 0.717) is 11.3 Å². The Morgan fingerprint density at radius 1 is 1.31 bits per heavy atom. The molecule has 1 atom stereocenters. The standard InChI is InChI=1S/C12H12N2O2/c1-8-10(12(16)14(2)13-8)11(15)9-6-4-3-5-7-9/h3-7,10H,1-2H3. The molecule has 1 amide bonds. The van der Waals surface area contributed by atoms with Gasteiger partial charge in [-0.2, -0.15) is 5.10 Å². The zero-order valence-electron chi connectivity index (χ0n) is 9.18. The van der Waals surface area contributed by atoms with Gasteiger partial charge in [0.05, 0.1) is 5.71 Å². The van der Waals surface area contributed by atoms with E-state index in [2.05, 4.69) is 5.10 Å². The van der Waals surface area contributed by atoms with Crippen molar-refractivity contribution < 1.29 is 9.59 Å². The largest absolute Gasteiger partial charge is 0.293 e. The van der Waals surface area contributed by atoms with E-state index < -0.39 is 5.92 Å². The maximum Gasteiger partial charge on any atom is 0.259 e. The number of carbonyl (C=O) groups is 2. The van der Waals surface area contributed by atoms with Crippen molar-refractivity contribution in [2.45, 2.75) is 6.92 Å². The van der Waals surface area contributed by atoms with E-state index in [-0.39, 0.29) is 11.7 Å². The van der Waals surface area contributed by atoms with Gasteiger partial charge in [0.2, 0.25) is 0 Å². The first-order valence-corrected chi connectivity index (χ1v) is 5.03. The van der Waals surface area contributed by atoms with E-state index in [1.165, 1.54) is 5.01 Å². The van der Waals surface area contributed by atoms with Gasteiger partial charge in [0.1, 0.15) is 5.92 Å². The Labute approximate surface area is 93.6 Å². The summed E-state index contributed by atoms with van der Waals surface area (Å²) in [5.74, 6) is -1.19. The van der Waals surface area contributed by atoms with E-state index >= 15 is 0 Å². The molecule has 0 aromatic heterocycles. The fraction of sp³-hybridized carbons (Fsp3) is 0.250. The van der Waals surface area contributed by atoms with Gasteiger partial charge < -0.3 is 0 Å². The van der Waals surface area contributed by atoms with Gasteiger partial charge in [-0.05, 0) is 6.92 Å². The Morgan fingerprint density at radius 3 is 2.44 bits per heavy atom. The molecule has 1 aromatic rings. The van der Waals surface area contributed by atoms with Crippen molar-refractivity contribution in [3.05, 3.63) is 35.9 Å². The van der Waals surface area contributed by atoms with Crippen LogP contribution in [0, 0.1) is 5.92 Å². The number of Topliss-reactive ketones (excluding diaryl/α,β-unsaturated/α-hetero) is 1. The quantitative estimate of drug-likeness (QED) is 0.553. The van der Waals surface area contributed by atoms with E-state index in [1.807, 2.05) is 6.07 Å². The minimum atomic E-state index is -0.743. The average molecular weight is 216 g/mol. The van der Waals surface area contributed by atoms with E-state index in [9.17, 15) is 9.59 Å². The van der Waals surface area contributed by atoms with E-state index in [1.54, 1.807) is 38.2 Å². The van der Waals surface area contributed by atoms with Crippen LogP contribution in [0.1, 0.15) is 17.3 Å². The van der Waals surface area contributed by atoms with Crippen LogP contribution in [0.4, 0.5) is 0 Å². The molecule has 0 N–H and O–H groups in total.